The van der Waals surface area contributed by atoms with Gasteiger partial charge in [-0.15, -0.1) is 0 Å². The first-order valence-electron chi connectivity index (χ1n) is 7.39. The van der Waals surface area contributed by atoms with E-state index in [0.717, 1.165) is 31.7 Å². The van der Waals surface area contributed by atoms with Crippen LogP contribution in [0.4, 0.5) is 5.69 Å². The molecule has 1 aliphatic rings. The number of hydrogen-bond donors (Lipinski definition) is 1. The molecule has 1 fully saturated rings. The van der Waals surface area contributed by atoms with Gasteiger partial charge in [0.2, 0.25) is 0 Å². The number of methoxy groups -OCH3 is 1. The van der Waals surface area contributed by atoms with Crippen LogP contribution in [-0.2, 0) is 11.3 Å². The number of aromatic nitrogens is 2. The van der Waals surface area contributed by atoms with Gasteiger partial charge in [-0.1, -0.05) is 6.92 Å². The van der Waals surface area contributed by atoms with Gasteiger partial charge in [0.05, 0.1) is 25.0 Å². The molecule has 7 heteroatoms. The van der Waals surface area contributed by atoms with Crippen molar-refractivity contribution in [3.05, 3.63) is 21.0 Å². The van der Waals surface area contributed by atoms with E-state index < -0.39 is 0 Å². The molecule has 0 aromatic carbocycles. The number of anilines is 1. The molecule has 1 saturated heterocycles. The maximum atomic E-state index is 12.2. The van der Waals surface area contributed by atoms with E-state index in [1.54, 1.807) is 13.3 Å². The lowest BCUT2D eigenvalue weighted by Gasteiger charge is -2.32. The maximum Gasteiger partial charge on any atom is 0.283 e. The summed E-state index contributed by atoms with van der Waals surface area (Å²) in [5, 5.41) is 7.64. The summed E-state index contributed by atoms with van der Waals surface area (Å²) in [7, 11) is 1.61. The third-order valence-electron chi connectivity index (χ3n) is 3.80. The molecule has 1 aromatic rings. The lowest BCUT2D eigenvalue weighted by atomic mass is 10.1. The SMILES string of the molecule is CCN1CCCC(Nc2cnn(CCOC)c(=O)c2Br)C1. The number of hydrogen-bond acceptors (Lipinski definition) is 5. The third kappa shape index (κ3) is 4.28. The van der Waals surface area contributed by atoms with Crippen LogP contribution in [0.5, 0.6) is 0 Å². The quantitative estimate of drug-likeness (QED) is 0.835. The Morgan fingerprint density at radius 1 is 1.57 bits per heavy atom. The second kappa shape index (κ2) is 7.91. The molecule has 0 amide bonds. The maximum absolute atomic E-state index is 12.2. The van der Waals surface area contributed by atoms with E-state index in [9.17, 15) is 4.79 Å². The fourth-order valence-electron chi connectivity index (χ4n) is 2.58. The molecule has 0 radical (unpaired) electrons. The van der Waals surface area contributed by atoms with E-state index in [2.05, 4.69) is 38.2 Å². The number of likely N-dealkylation sites (tertiary alicyclic amines) is 1. The molecular weight excluding hydrogens is 336 g/mol. The Morgan fingerprint density at radius 2 is 2.38 bits per heavy atom. The smallest absolute Gasteiger partial charge is 0.283 e. The van der Waals surface area contributed by atoms with Crippen LogP contribution in [0, 0.1) is 0 Å². The number of likely N-dealkylation sites (N-methyl/N-ethyl adjacent to an activating group) is 1. The molecule has 1 N–H and O–H groups in total. The lowest BCUT2D eigenvalue weighted by Crippen LogP contribution is -2.42. The molecule has 0 aliphatic carbocycles. The standard InChI is InChI=1S/C14H23BrN4O2/c1-3-18-6-4-5-11(10-18)17-12-9-16-19(7-8-21-2)14(20)13(12)15/h9,11,17H,3-8,10H2,1-2H3. The molecule has 118 valence electrons. The average molecular weight is 359 g/mol. The van der Waals surface area contributed by atoms with Crippen molar-refractivity contribution in [1.29, 1.82) is 0 Å². The van der Waals surface area contributed by atoms with E-state index in [-0.39, 0.29) is 5.56 Å². The van der Waals surface area contributed by atoms with Crippen molar-refractivity contribution in [3.63, 3.8) is 0 Å². The van der Waals surface area contributed by atoms with Crippen LogP contribution in [0.2, 0.25) is 0 Å². The Balaban J connectivity index is 2.06. The largest absolute Gasteiger partial charge is 0.383 e. The second-order valence-corrected chi connectivity index (χ2v) is 6.06. The number of nitrogens with one attached hydrogen (secondary N) is 1. The van der Waals surface area contributed by atoms with Gasteiger partial charge in [0.15, 0.2) is 0 Å². The van der Waals surface area contributed by atoms with E-state index >= 15 is 0 Å². The zero-order valence-electron chi connectivity index (χ0n) is 12.6. The fraction of sp³-hybridized carbons (Fsp3) is 0.714. The molecule has 0 spiro atoms. The zero-order chi connectivity index (χ0) is 15.2. The summed E-state index contributed by atoms with van der Waals surface area (Å²) >= 11 is 3.39. The van der Waals surface area contributed by atoms with Crippen LogP contribution in [0.15, 0.2) is 15.5 Å². The van der Waals surface area contributed by atoms with Gasteiger partial charge in [0, 0.05) is 19.7 Å². The van der Waals surface area contributed by atoms with E-state index in [1.165, 1.54) is 11.1 Å². The van der Waals surface area contributed by atoms with Gasteiger partial charge in [-0.05, 0) is 41.9 Å². The van der Waals surface area contributed by atoms with Gasteiger partial charge in [-0.25, -0.2) is 4.68 Å². The highest BCUT2D eigenvalue weighted by Gasteiger charge is 2.20. The van der Waals surface area contributed by atoms with Crippen LogP contribution >= 0.6 is 15.9 Å². The first kappa shape index (κ1) is 16.5. The summed E-state index contributed by atoms with van der Waals surface area (Å²) in [5.74, 6) is 0. The van der Waals surface area contributed by atoms with Crippen molar-refractivity contribution in [1.82, 2.24) is 14.7 Å². The lowest BCUT2D eigenvalue weighted by molar-refractivity contribution is 0.181. The Bertz CT molecular complexity index is 520. The van der Waals surface area contributed by atoms with Crippen molar-refractivity contribution >= 4 is 21.6 Å². The van der Waals surface area contributed by atoms with Gasteiger partial charge in [-0.2, -0.15) is 5.10 Å². The molecule has 1 unspecified atom stereocenters. The van der Waals surface area contributed by atoms with Crippen molar-refractivity contribution in [2.24, 2.45) is 0 Å². The normalized spacial score (nSPS) is 19.7. The first-order chi connectivity index (χ1) is 10.2. The number of halogens is 1. The highest BCUT2D eigenvalue weighted by molar-refractivity contribution is 9.10. The molecule has 21 heavy (non-hydrogen) atoms. The number of piperidine rings is 1. The molecular formula is C14H23BrN4O2. The topological polar surface area (TPSA) is 59.4 Å². The molecule has 1 aliphatic heterocycles. The predicted octanol–water partition coefficient (Wildman–Crippen LogP) is 1.55. The van der Waals surface area contributed by atoms with Crippen LogP contribution in [-0.4, -0.2) is 54.1 Å². The number of ether oxygens (including phenoxy) is 1. The zero-order valence-corrected chi connectivity index (χ0v) is 14.2. The van der Waals surface area contributed by atoms with E-state index in [0.29, 0.717) is 23.7 Å². The molecule has 0 saturated carbocycles. The summed E-state index contributed by atoms with van der Waals surface area (Å²) < 4.78 is 6.94. The van der Waals surface area contributed by atoms with Crippen LogP contribution in [0.1, 0.15) is 19.8 Å². The van der Waals surface area contributed by atoms with Crippen LogP contribution in [0.3, 0.4) is 0 Å². The molecule has 2 heterocycles. The van der Waals surface area contributed by atoms with Crippen LogP contribution < -0.4 is 10.9 Å². The van der Waals surface area contributed by atoms with Crippen molar-refractivity contribution in [2.75, 3.05) is 38.7 Å². The van der Waals surface area contributed by atoms with E-state index in [1.807, 2.05) is 0 Å². The Labute approximate surface area is 133 Å². The first-order valence-corrected chi connectivity index (χ1v) is 8.18. The minimum absolute atomic E-state index is 0.125. The van der Waals surface area contributed by atoms with Crippen LogP contribution in [0.25, 0.3) is 0 Å². The van der Waals surface area contributed by atoms with Gasteiger partial charge < -0.3 is 15.0 Å². The fourth-order valence-corrected chi connectivity index (χ4v) is 3.00. The average Bonchev–Trinajstić information content (AvgIpc) is 2.51. The molecule has 1 atom stereocenters. The predicted molar refractivity (Wildman–Crippen MR) is 86.8 cm³/mol. The summed E-state index contributed by atoms with van der Waals surface area (Å²) in [5.41, 5.74) is 0.650. The number of rotatable bonds is 6. The summed E-state index contributed by atoms with van der Waals surface area (Å²) in [4.78, 5) is 14.6. The highest BCUT2D eigenvalue weighted by atomic mass is 79.9. The van der Waals surface area contributed by atoms with Gasteiger partial charge >= 0.3 is 0 Å². The molecule has 0 bridgehead atoms. The number of nitrogens with zero attached hydrogens (tertiary/aromatic N) is 3. The Morgan fingerprint density at radius 3 is 3.10 bits per heavy atom. The summed E-state index contributed by atoms with van der Waals surface area (Å²) in [6.45, 7) is 6.34. The minimum Gasteiger partial charge on any atom is -0.383 e. The molecule has 1 aromatic heterocycles. The highest BCUT2D eigenvalue weighted by Crippen LogP contribution is 2.20. The van der Waals surface area contributed by atoms with Crippen molar-refractivity contribution in [2.45, 2.75) is 32.4 Å². The summed E-state index contributed by atoms with van der Waals surface area (Å²) in [6.07, 6.45) is 4.02. The molecule has 6 nitrogen and oxygen atoms in total. The van der Waals surface area contributed by atoms with Crippen molar-refractivity contribution < 1.29 is 4.74 Å². The summed E-state index contributed by atoms with van der Waals surface area (Å²) in [6, 6.07) is 0.367. The van der Waals surface area contributed by atoms with Crippen molar-refractivity contribution in [3.8, 4) is 0 Å². The minimum atomic E-state index is -0.125. The van der Waals surface area contributed by atoms with E-state index in [4.69, 9.17) is 4.74 Å². The Kier molecular flexibility index (Phi) is 6.20. The van der Waals surface area contributed by atoms with Gasteiger partial charge in [0.1, 0.15) is 4.47 Å². The third-order valence-corrected chi connectivity index (χ3v) is 4.57. The monoisotopic (exact) mass is 358 g/mol. The van der Waals surface area contributed by atoms with Gasteiger partial charge in [0.25, 0.3) is 5.56 Å². The molecule has 2 rings (SSSR count). The Hall–Kier alpha value is -0.920. The van der Waals surface area contributed by atoms with Gasteiger partial charge in [-0.3, -0.25) is 4.79 Å². The second-order valence-electron chi connectivity index (χ2n) is 5.27.